The Morgan fingerprint density at radius 1 is 1.33 bits per heavy atom. The van der Waals surface area contributed by atoms with E-state index in [9.17, 15) is 9.18 Å². The number of aldehydes is 1. The van der Waals surface area contributed by atoms with Crippen LogP contribution in [0.2, 0.25) is 0 Å². The van der Waals surface area contributed by atoms with Crippen LogP contribution in [0.4, 0.5) is 4.39 Å². The molecule has 3 nitrogen and oxygen atoms in total. The first kappa shape index (κ1) is 12.5. The molecule has 1 aromatic heterocycles. The zero-order valence-corrected chi connectivity index (χ0v) is 10.5. The molecule has 0 aliphatic carbocycles. The van der Waals surface area contributed by atoms with Gasteiger partial charge >= 0.3 is 0 Å². The van der Waals surface area contributed by atoms with Gasteiger partial charge in [-0.15, -0.1) is 0 Å². The largest absolute Gasteiger partial charge is 0.335 e. The van der Waals surface area contributed by atoms with Crippen LogP contribution in [0.25, 0.3) is 0 Å². The number of carbonyl (C=O) groups excluding carboxylic acids is 1. The van der Waals surface area contributed by atoms with E-state index in [4.69, 9.17) is 0 Å². The van der Waals surface area contributed by atoms with Crippen LogP contribution in [0.3, 0.4) is 0 Å². The molecule has 0 saturated heterocycles. The van der Waals surface area contributed by atoms with E-state index in [-0.39, 0.29) is 5.82 Å². The van der Waals surface area contributed by atoms with Crippen LogP contribution in [0.15, 0.2) is 24.3 Å². The van der Waals surface area contributed by atoms with Gasteiger partial charge in [-0.3, -0.25) is 4.79 Å². The molecule has 94 valence electrons. The maximum absolute atomic E-state index is 13.5. The van der Waals surface area contributed by atoms with Crippen molar-refractivity contribution in [2.24, 2.45) is 7.05 Å². The fourth-order valence-corrected chi connectivity index (χ4v) is 2.03. The fraction of sp³-hybridized carbons (Fsp3) is 0.286. The zero-order chi connectivity index (χ0) is 13.1. The summed E-state index contributed by atoms with van der Waals surface area (Å²) in [7, 11) is 1.87. The third-order valence-electron chi connectivity index (χ3n) is 3.17. The second kappa shape index (κ2) is 5.12. The Hall–Kier alpha value is -1.97. The molecule has 18 heavy (non-hydrogen) atoms. The number of aromatic nitrogens is 2. The topological polar surface area (TPSA) is 34.9 Å². The van der Waals surface area contributed by atoms with Gasteiger partial charge in [0.15, 0.2) is 6.29 Å². The molecule has 0 fully saturated rings. The van der Waals surface area contributed by atoms with Crippen LogP contribution in [0.1, 0.15) is 27.6 Å². The number of nitrogens with zero attached hydrogens (tertiary/aromatic N) is 2. The molecular formula is C14H15FN2O. The first-order chi connectivity index (χ1) is 8.63. The highest BCUT2D eigenvalue weighted by Crippen LogP contribution is 2.14. The molecule has 0 unspecified atom stereocenters. The average Bonchev–Trinajstić information content (AvgIpc) is 2.65. The van der Waals surface area contributed by atoms with Gasteiger partial charge in [0.25, 0.3) is 0 Å². The lowest BCUT2D eigenvalue weighted by molar-refractivity contribution is 0.111. The Morgan fingerprint density at radius 2 is 2.06 bits per heavy atom. The molecule has 0 N–H and O–H groups in total. The van der Waals surface area contributed by atoms with Gasteiger partial charge < -0.3 is 4.57 Å². The van der Waals surface area contributed by atoms with Gasteiger partial charge in [0.1, 0.15) is 17.3 Å². The second-order valence-corrected chi connectivity index (χ2v) is 4.26. The van der Waals surface area contributed by atoms with E-state index in [1.807, 2.05) is 24.6 Å². The summed E-state index contributed by atoms with van der Waals surface area (Å²) < 4.78 is 15.4. The monoisotopic (exact) mass is 246 g/mol. The third kappa shape index (κ3) is 2.32. The number of hydrogen-bond acceptors (Lipinski definition) is 2. The molecule has 1 heterocycles. The Labute approximate surface area is 105 Å². The van der Waals surface area contributed by atoms with Gasteiger partial charge in [0, 0.05) is 12.7 Å². The Balaban J connectivity index is 2.21. The van der Waals surface area contributed by atoms with E-state index in [1.54, 1.807) is 12.1 Å². The maximum atomic E-state index is 13.5. The van der Waals surface area contributed by atoms with Crippen LogP contribution >= 0.6 is 0 Å². The zero-order valence-electron chi connectivity index (χ0n) is 10.5. The highest BCUT2D eigenvalue weighted by molar-refractivity contribution is 5.73. The summed E-state index contributed by atoms with van der Waals surface area (Å²) in [4.78, 5) is 15.1. The highest BCUT2D eigenvalue weighted by Gasteiger charge is 2.12. The minimum atomic E-state index is -0.205. The van der Waals surface area contributed by atoms with Crippen molar-refractivity contribution < 1.29 is 9.18 Å². The fourth-order valence-electron chi connectivity index (χ4n) is 2.03. The molecule has 2 aromatic rings. The molecule has 0 spiro atoms. The summed E-state index contributed by atoms with van der Waals surface area (Å²) in [5, 5.41) is 0. The number of aryl methyl sites for hydroxylation is 2. The summed E-state index contributed by atoms with van der Waals surface area (Å²) in [6.45, 7) is 1.85. The van der Waals surface area contributed by atoms with E-state index in [2.05, 4.69) is 4.98 Å². The van der Waals surface area contributed by atoms with Crippen molar-refractivity contribution >= 4 is 6.29 Å². The predicted molar refractivity (Wildman–Crippen MR) is 67.1 cm³/mol. The van der Waals surface area contributed by atoms with Crippen molar-refractivity contribution in [3.8, 4) is 0 Å². The molecule has 0 saturated carbocycles. The number of hydrogen-bond donors (Lipinski definition) is 0. The molecule has 0 atom stereocenters. The third-order valence-corrected chi connectivity index (χ3v) is 3.17. The summed E-state index contributed by atoms with van der Waals surface area (Å²) in [6.07, 6.45) is 1.92. The molecule has 4 heteroatoms. The number of rotatable bonds is 4. The van der Waals surface area contributed by atoms with Crippen molar-refractivity contribution in [1.82, 2.24) is 9.55 Å². The van der Waals surface area contributed by atoms with E-state index in [0.717, 1.165) is 17.8 Å². The summed E-state index contributed by atoms with van der Waals surface area (Å²) in [5.74, 6) is 0.588. The standard InChI is InChI=1S/C14H15FN2O/c1-10-16-13(9-18)14(17(10)2)8-7-11-5-3-4-6-12(11)15/h3-6,9H,7-8H2,1-2H3. The van der Waals surface area contributed by atoms with Crippen LogP contribution < -0.4 is 0 Å². The minimum absolute atomic E-state index is 0.205. The summed E-state index contributed by atoms with van der Waals surface area (Å²) in [5.41, 5.74) is 1.96. The van der Waals surface area contributed by atoms with Crippen molar-refractivity contribution in [2.45, 2.75) is 19.8 Å². The lowest BCUT2D eigenvalue weighted by Crippen LogP contribution is -2.03. The highest BCUT2D eigenvalue weighted by atomic mass is 19.1. The lowest BCUT2D eigenvalue weighted by Gasteiger charge is -2.05. The molecule has 0 radical (unpaired) electrons. The van der Waals surface area contributed by atoms with Gasteiger partial charge in [0.2, 0.25) is 0 Å². The number of carbonyl (C=O) groups is 1. The molecule has 1 aromatic carbocycles. The van der Waals surface area contributed by atoms with Crippen molar-refractivity contribution in [3.05, 3.63) is 52.9 Å². The number of imidazole rings is 1. The van der Waals surface area contributed by atoms with E-state index in [0.29, 0.717) is 24.1 Å². The van der Waals surface area contributed by atoms with Crippen LogP contribution in [0, 0.1) is 12.7 Å². The number of halogens is 1. The number of benzene rings is 1. The molecule has 2 rings (SSSR count). The van der Waals surface area contributed by atoms with Crippen molar-refractivity contribution in [3.63, 3.8) is 0 Å². The van der Waals surface area contributed by atoms with Crippen LogP contribution in [0.5, 0.6) is 0 Å². The van der Waals surface area contributed by atoms with Gasteiger partial charge in [-0.1, -0.05) is 18.2 Å². The van der Waals surface area contributed by atoms with E-state index in [1.165, 1.54) is 6.07 Å². The molecule has 0 amide bonds. The predicted octanol–water partition coefficient (Wildman–Crippen LogP) is 2.47. The van der Waals surface area contributed by atoms with Gasteiger partial charge in [0.05, 0.1) is 0 Å². The maximum Gasteiger partial charge on any atom is 0.170 e. The quantitative estimate of drug-likeness (QED) is 0.777. The first-order valence-electron chi connectivity index (χ1n) is 5.84. The van der Waals surface area contributed by atoms with Crippen molar-refractivity contribution in [1.29, 1.82) is 0 Å². The smallest absolute Gasteiger partial charge is 0.170 e. The van der Waals surface area contributed by atoms with Gasteiger partial charge in [-0.2, -0.15) is 0 Å². The Morgan fingerprint density at radius 3 is 2.72 bits per heavy atom. The minimum Gasteiger partial charge on any atom is -0.335 e. The molecule has 0 aliphatic heterocycles. The first-order valence-corrected chi connectivity index (χ1v) is 5.84. The summed E-state index contributed by atoms with van der Waals surface area (Å²) >= 11 is 0. The van der Waals surface area contributed by atoms with Gasteiger partial charge in [-0.25, -0.2) is 9.37 Å². The normalized spacial score (nSPS) is 10.6. The SMILES string of the molecule is Cc1nc(C=O)c(CCc2ccccc2F)n1C. The van der Waals surface area contributed by atoms with Crippen LogP contribution in [-0.4, -0.2) is 15.8 Å². The van der Waals surface area contributed by atoms with Crippen LogP contribution in [-0.2, 0) is 19.9 Å². The van der Waals surface area contributed by atoms with E-state index >= 15 is 0 Å². The van der Waals surface area contributed by atoms with Gasteiger partial charge in [-0.05, 0) is 31.4 Å². The van der Waals surface area contributed by atoms with Crippen molar-refractivity contribution in [2.75, 3.05) is 0 Å². The molecular weight excluding hydrogens is 231 g/mol. The second-order valence-electron chi connectivity index (χ2n) is 4.26. The Bertz CT molecular complexity index is 575. The van der Waals surface area contributed by atoms with E-state index < -0.39 is 0 Å². The Kier molecular flexibility index (Phi) is 3.55. The molecule has 0 bridgehead atoms. The summed E-state index contributed by atoms with van der Waals surface area (Å²) in [6, 6.07) is 6.70. The average molecular weight is 246 g/mol. The lowest BCUT2D eigenvalue weighted by atomic mass is 10.1. The molecule has 0 aliphatic rings.